The van der Waals surface area contributed by atoms with Crippen molar-refractivity contribution >= 4 is 28.8 Å². The number of nitro groups is 1. The van der Waals surface area contributed by atoms with Gasteiger partial charge in [0.1, 0.15) is 17.3 Å². The second kappa shape index (κ2) is 7.66. The lowest BCUT2D eigenvalue weighted by Crippen LogP contribution is -2.37. The molecule has 0 aliphatic carbocycles. The van der Waals surface area contributed by atoms with Gasteiger partial charge in [0.2, 0.25) is 0 Å². The molecule has 0 saturated carbocycles. The number of halogens is 2. The second-order valence-corrected chi connectivity index (χ2v) is 7.12. The van der Waals surface area contributed by atoms with Crippen molar-refractivity contribution in [3.05, 3.63) is 75.5 Å². The first-order valence-electron chi connectivity index (χ1n) is 9.46. The maximum atomic E-state index is 14.4. The average Bonchev–Trinajstić information content (AvgIpc) is 3.00. The first-order valence-corrected chi connectivity index (χ1v) is 9.46. The number of carbonyl (C=O) groups is 2. The Morgan fingerprint density at radius 2 is 1.57 bits per heavy atom. The van der Waals surface area contributed by atoms with E-state index in [1.807, 2.05) is 0 Å². The van der Waals surface area contributed by atoms with Crippen LogP contribution in [0.5, 0.6) is 0 Å². The average molecular weight is 413 g/mol. The van der Waals surface area contributed by atoms with Crippen molar-refractivity contribution in [3.8, 4) is 0 Å². The minimum atomic E-state index is -0.902. The van der Waals surface area contributed by atoms with Crippen molar-refractivity contribution < 1.29 is 23.3 Å². The van der Waals surface area contributed by atoms with Gasteiger partial charge in [0.15, 0.2) is 0 Å². The molecule has 2 amide bonds. The summed E-state index contributed by atoms with van der Waals surface area (Å²) in [6, 6.07) is 7.80. The molecule has 30 heavy (non-hydrogen) atoms. The summed E-state index contributed by atoms with van der Waals surface area (Å²) in [5.41, 5.74) is -0.184. The van der Waals surface area contributed by atoms with Crippen LogP contribution in [0.25, 0.3) is 5.57 Å². The molecule has 154 valence electrons. The first-order chi connectivity index (χ1) is 14.4. The van der Waals surface area contributed by atoms with Crippen LogP contribution in [0.3, 0.4) is 0 Å². The van der Waals surface area contributed by atoms with Crippen molar-refractivity contribution in [1.82, 2.24) is 4.90 Å². The maximum absolute atomic E-state index is 14.4. The Morgan fingerprint density at radius 3 is 2.20 bits per heavy atom. The number of piperidine rings is 1. The van der Waals surface area contributed by atoms with Gasteiger partial charge in [-0.05, 0) is 49.1 Å². The summed E-state index contributed by atoms with van der Waals surface area (Å²) in [6.45, 7) is 1.09. The summed E-state index contributed by atoms with van der Waals surface area (Å²) in [6.07, 6.45) is 2.64. The third-order valence-corrected chi connectivity index (χ3v) is 5.25. The van der Waals surface area contributed by atoms with E-state index in [1.54, 1.807) is 4.90 Å². The lowest BCUT2D eigenvalue weighted by atomic mass is 10.0. The third-order valence-electron chi connectivity index (χ3n) is 5.25. The Morgan fingerprint density at radius 1 is 0.900 bits per heavy atom. The normalized spacial score (nSPS) is 17.1. The number of hydrogen-bond donors (Lipinski definition) is 0. The minimum absolute atomic E-state index is 0.0282. The topological polar surface area (TPSA) is 83.8 Å². The number of amides is 2. The number of likely N-dealkylation sites (tertiary alicyclic amines) is 1. The Balaban J connectivity index is 1.84. The van der Waals surface area contributed by atoms with Crippen molar-refractivity contribution in [2.45, 2.75) is 19.3 Å². The Labute approximate surface area is 170 Å². The van der Waals surface area contributed by atoms with Crippen LogP contribution in [0.4, 0.5) is 20.2 Å². The molecule has 0 N–H and O–H groups in total. The van der Waals surface area contributed by atoms with Crippen LogP contribution >= 0.6 is 0 Å². The van der Waals surface area contributed by atoms with Crippen molar-refractivity contribution in [2.75, 3.05) is 18.0 Å². The monoisotopic (exact) mass is 413 g/mol. The van der Waals surface area contributed by atoms with E-state index in [1.165, 1.54) is 24.3 Å². The van der Waals surface area contributed by atoms with Crippen LogP contribution in [0, 0.1) is 21.7 Å². The zero-order chi connectivity index (χ0) is 21.4. The number of anilines is 1. The molecule has 2 aromatic rings. The number of nitrogens with zero attached hydrogens (tertiary/aromatic N) is 3. The Kier molecular flexibility index (Phi) is 5.03. The highest BCUT2D eigenvalue weighted by Crippen LogP contribution is 2.37. The van der Waals surface area contributed by atoms with Crippen LogP contribution in [-0.2, 0) is 9.59 Å². The SMILES string of the molecule is O=C1C(c2ccc([N+](=O)[O-])cc2)=C(N2CCCCC2)C(=O)N1c1cc(F)ccc1F. The van der Waals surface area contributed by atoms with E-state index in [0.29, 0.717) is 23.6 Å². The van der Waals surface area contributed by atoms with Gasteiger partial charge in [-0.2, -0.15) is 0 Å². The molecule has 1 saturated heterocycles. The molecular weight excluding hydrogens is 396 g/mol. The summed E-state index contributed by atoms with van der Waals surface area (Å²) >= 11 is 0. The molecule has 0 bridgehead atoms. The quantitative estimate of drug-likeness (QED) is 0.434. The van der Waals surface area contributed by atoms with Crippen LogP contribution in [0.2, 0.25) is 0 Å². The van der Waals surface area contributed by atoms with E-state index >= 15 is 0 Å². The number of non-ortho nitro benzene ring substituents is 1. The summed E-state index contributed by atoms with van der Waals surface area (Å²) in [5.74, 6) is -3.21. The molecule has 2 aromatic carbocycles. The molecule has 0 spiro atoms. The summed E-state index contributed by atoms with van der Waals surface area (Å²) < 4.78 is 28.1. The minimum Gasteiger partial charge on any atom is -0.366 e. The number of rotatable bonds is 4. The van der Waals surface area contributed by atoms with Crippen LogP contribution < -0.4 is 4.90 Å². The van der Waals surface area contributed by atoms with Crippen molar-refractivity contribution in [2.24, 2.45) is 0 Å². The van der Waals surface area contributed by atoms with E-state index < -0.39 is 34.1 Å². The number of hydrogen-bond acceptors (Lipinski definition) is 5. The van der Waals surface area contributed by atoms with Crippen LogP contribution in [0.1, 0.15) is 24.8 Å². The largest absolute Gasteiger partial charge is 0.366 e. The molecule has 9 heteroatoms. The Bertz CT molecular complexity index is 1080. The molecule has 2 heterocycles. The molecule has 4 rings (SSSR count). The van der Waals surface area contributed by atoms with E-state index in [9.17, 15) is 28.5 Å². The van der Waals surface area contributed by atoms with Gasteiger partial charge in [-0.3, -0.25) is 19.7 Å². The summed E-state index contributed by atoms with van der Waals surface area (Å²) in [7, 11) is 0. The van der Waals surface area contributed by atoms with Crippen LogP contribution in [0.15, 0.2) is 48.2 Å². The number of carbonyl (C=O) groups excluding carboxylic acids is 2. The van der Waals surface area contributed by atoms with E-state index in [2.05, 4.69) is 0 Å². The Hall–Kier alpha value is -3.62. The van der Waals surface area contributed by atoms with Gasteiger partial charge in [0.05, 0.1) is 16.2 Å². The molecule has 0 aromatic heterocycles. The fraction of sp³-hybridized carbons (Fsp3) is 0.238. The van der Waals surface area contributed by atoms with Gasteiger partial charge in [0, 0.05) is 31.3 Å². The molecule has 2 aliphatic heterocycles. The predicted octanol–water partition coefficient (Wildman–Crippen LogP) is 3.64. The molecular formula is C21H17F2N3O4. The van der Waals surface area contributed by atoms with Gasteiger partial charge in [0.25, 0.3) is 17.5 Å². The number of nitro benzene ring substituents is 1. The summed E-state index contributed by atoms with van der Waals surface area (Å²) in [5, 5.41) is 10.9. The number of benzene rings is 2. The molecule has 1 fully saturated rings. The van der Waals surface area contributed by atoms with Gasteiger partial charge in [-0.1, -0.05) is 0 Å². The van der Waals surface area contributed by atoms with Crippen LogP contribution in [-0.4, -0.2) is 34.7 Å². The lowest BCUT2D eigenvalue weighted by molar-refractivity contribution is -0.384. The van der Waals surface area contributed by atoms with E-state index in [4.69, 9.17) is 0 Å². The molecule has 0 radical (unpaired) electrons. The van der Waals surface area contributed by atoms with E-state index in [0.717, 1.165) is 37.5 Å². The van der Waals surface area contributed by atoms with Gasteiger partial charge in [-0.25, -0.2) is 13.7 Å². The predicted molar refractivity (Wildman–Crippen MR) is 104 cm³/mol. The first kappa shape index (κ1) is 19.7. The molecule has 0 unspecified atom stereocenters. The van der Waals surface area contributed by atoms with Gasteiger partial charge >= 0.3 is 0 Å². The standard InChI is InChI=1S/C21H17F2N3O4/c22-14-6-9-16(23)17(12-14)25-20(27)18(13-4-7-15(8-5-13)26(29)30)19(21(25)28)24-10-2-1-3-11-24/h4-9,12H,1-3,10-11H2. The highest BCUT2D eigenvalue weighted by atomic mass is 19.1. The highest BCUT2D eigenvalue weighted by Gasteiger charge is 2.43. The van der Waals surface area contributed by atoms with Crippen molar-refractivity contribution in [3.63, 3.8) is 0 Å². The maximum Gasteiger partial charge on any atom is 0.282 e. The molecule has 2 aliphatic rings. The fourth-order valence-electron chi connectivity index (χ4n) is 3.82. The fourth-order valence-corrected chi connectivity index (χ4v) is 3.82. The van der Waals surface area contributed by atoms with Crippen molar-refractivity contribution in [1.29, 1.82) is 0 Å². The summed E-state index contributed by atoms with van der Waals surface area (Å²) in [4.78, 5) is 39.3. The van der Waals surface area contributed by atoms with Gasteiger partial charge in [-0.15, -0.1) is 0 Å². The molecule has 7 nitrogen and oxygen atoms in total. The highest BCUT2D eigenvalue weighted by molar-refractivity contribution is 6.45. The third kappa shape index (κ3) is 3.32. The smallest absolute Gasteiger partial charge is 0.282 e. The number of imide groups is 1. The van der Waals surface area contributed by atoms with E-state index in [-0.39, 0.29) is 17.0 Å². The van der Waals surface area contributed by atoms with Gasteiger partial charge < -0.3 is 4.90 Å². The lowest BCUT2D eigenvalue weighted by Gasteiger charge is -2.29. The zero-order valence-electron chi connectivity index (χ0n) is 15.8. The second-order valence-electron chi connectivity index (χ2n) is 7.12. The molecule has 0 atom stereocenters. The zero-order valence-corrected chi connectivity index (χ0v) is 15.8.